The summed E-state index contributed by atoms with van der Waals surface area (Å²) in [6.45, 7) is 0. The quantitative estimate of drug-likeness (QED) is 0.806. The molecule has 0 saturated heterocycles. The zero-order valence-electron chi connectivity index (χ0n) is 9.46. The summed E-state index contributed by atoms with van der Waals surface area (Å²) in [4.78, 5) is 0.145. The van der Waals surface area contributed by atoms with Gasteiger partial charge in [-0.25, -0.2) is 13.6 Å². The number of anilines is 1. The molecule has 0 fully saturated rings. The molecule has 1 unspecified atom stereocenters. The molecule has 1 atom stereocenters. The summed E-state index contributed by atoms with van der Waals surface area (Å²) >= 11 is 0. The Balaban J connectivity index is 2.05. The molecule has 3 N–H and O–H groups in total. The standard InChI is InChI=1S/C12H16N2O2S/c13-17(15,16)12-8-6-11(7-9-12)14-10-4-2-1-3-5-10/h1-2,6-10,14H,3-5H2,(H2,13,15,16). The maximum absolute atomic E-state index is 11.1. The van der Waals surface area contributed by atoms with E-state index >= 15 is 0 Å². The Morgan fingerprint density at radius 1 is 1.18 bits per heavy atom. The highest BCUT2D eigenvalue weighted by atomic mass is 32.2. The van der Waals surface area contributed by atoms with E-state index < -0.39 is 10.0 Å². The van der Waals surface area contributed by atoms with Gasteiger partial charge in [-0.05, 0) is 43.5 Å². The van der Waals surface area contributed by atoms with Crippen LogP contribution in [0.1, 0.15) is 19.3 Å². The molecule has 1 aliphatic rings. The Bertz CT molecular complexity index is 506. The van der Waals surface area contributed by atoms with Crippen LogP contribution in [0.2, 0.25) is 0 Å². The normalized spacial score (nSPS) is 20.2. The topological polar surface area (TPSA) is 72.2 Å². The molecule has 17 heavy (non-hydrogen) atoms. The van der Waals surface area contributed by atoms with Crippen molar-refractivity contribution in [1.29, 1.82) is 0 Å². The average molecular weight is 252 g/mol. The minimum Gasteiger partial charge on any atom is -0.382 e. The minimum atomic E-state index is -3.59. The summed E-state index contributed by atoms with van der Waals surface area (Å²) < 4.78 is 22.2. The number of nitrogens with two attached hydrogens (primary N) is 1. The van der Waals surface area contributed by atoms with Gasteiger partial charge in [-0.3, -0.25) is 0 Å². The van der Waals surface area contributed by atoms with E-state index in [9.17, 15) is 8.42 Å². The van der Waals surface area contributed by atoms with Crippen LogP contribution in [0.4, 0.5) is 5.69 Å². The average Bonchev–Trinajstić information content (AvgIpc) is 2.30. The highest BCUT2D eigenvalue weighted by molar-refractivity contribution is 7.89. The number of sulfonamides is 1. The Morgan fingerprint density at radius 2 is 1.88 bits per heavy atom. The Hall–Kier alpha value is -1.33. The van der Waals surface area contributed by atoms with Gasteiger partial charge in [-0.15, -0.1) is 0 Å². The van der Waals surface area contributed by atoms with Crippen molar-refractivity contribution < 1.29 is 8.42 Å². The molecule has 0 amide bonds. The summed E-state index contributed by atoms with van der Waals surface area (Å²) in [5.74, 6) is 0. The third-order valence-corrected chi connectivity index (χ3v) is 3.75. The lowest BCUT2D eigenvalue weighted by Gasteiger charge is -2.20. The van der Waals surface area contributed by atoms with Gasteiger partial charge < -0.3 is 5.32 Å². The van der Waals surface area contributed by atoms with Crippen molar-refractivity contribution in [2.75, 3.05) is 5.32 Å². The Labute approximate surface area is 102 Å². The molecule has 1 aromatic rings. The van der Waals surface area contributed by atoms with Crippen molar-refractivity contribution in [3.8, 4) is 0 Å². The van der Waals surface area contributed by atoms with Gasteiger partial charge in [0.05, 0.1) is 4.90 Å². The fourth-order valence-corrected chi connectivity index (χ4v) is 2.42. The number of hydrogen-bond acceptors (Lipinski definition) is 3. The smallest absolute Gasteiger partial charge is 0.238 e. The predicted molar refractivity (Wildman–Crippen MR) is 68.2 cm³/mol. The second-order valence-corrected chi connectivity index (χ2v) is 5.76. The number of nitrogens with one attached hydrogen (secondary N) is 1. The van der Waals surface area contributed by atoms with Gasteiger partial charge in [0.25, 0.3) is 0 Å². The molecule has 0 aliphatic heterocycles. The summed E-state index contributed by atoms with van der Waals surface area (Å²) in [6.07, 6.45) is 7.56. The molecule has 1 aromatic carbocycles. The van der Waals surface area contributed by atoms with Crippen molar-refractivity contribution in [2.45, 2.75) is 30.2 Å². The minimum absolute atomic E-state index is 0.145. The first-order valence-corrected chi connectivity index (χ1v) is 7.15. The van der Waals surface area contributed by atoms with Crippen LogP contribution in [-0.2, 0) is 10.0 Å². The second kappa shape index (κ2) is 4.89. The van der Waals surface area contributed by atoms with E-state index in [0.29, 0.717) is 6.04 Å². The van der Waals surface area contributed by atoms with Crippen LogP contribution >= 0.6 is 0 Å². The SMILES string of the molecule is NS(=O)(=O)c1ccc(NC2CC=CCC2)cc1. The van der Waals surface area contributed by atoms with Gasteiger partial charge in [-0.2, -0.15) is 0 Å². The van der Waals surface area contributed by atoms with Crippen molar-refractivity contribution in [2.24, 2.45) is 5.14 Å². The molecule has 0 spiro atoms. The lowest BCUT2D eigenvalue weighted by molar-refractivity contribution is 0.598. The monoisotopic (exact) mass is 252 g/mol. The molecule has 1 aliphatic carbocycles. The van der Waals surface area contributed by atoms with E-state index in [2.05, 4.69) is 17.5 Å². The molecule has 0 bridgehead atoms. The highest BCUT2D eigenvalue weighted by Crippen LogP contribution is 2.18. The number of rotatable bonds is 3. The van der Waals surface area contributed by atoms with Crippen LogP contribution in [0.25, 0.3) is 0 Å². The van der Waals surface area contributed by atoms with Crippen LogP contribution in [0, 0.1) is 0 Å². The molecule has 0 aromatic heterocycles. The highest BCUT2D eigenvalue weighted by Gasteiger charge is 2.10. The fraction of sp³-hybridized carbons (Fsp3) is 0.333. The molecule has 2 rings (SSSR count). The van der Waals surface area contributed by atoms with Crippen molar-refractivity contribution in [3.05, 3.63) is 36.4 Å². The third kappa shape index (κ3) is 3.31. The molecular formula is C12H16N2O2S. The molecule has 92 valence electrons. The van der Waals surface area contributed by atoms with Gasteiger partial charge in [0.2, 0.25) is 10.0 Å². The van der Waals surface area contributed by atoms with E-state index in [1.165, 1.54) is 12.1 Å². The van der Waals surface area contributed by atoms with Gasteiger partial charge in [0.1, 0.15) is 0 Å². The molecule has 0 saturated carbocycles. The summed E-state index contributed by atoms with van der Waals surface area (Å²) in [5, 5.41) is 8.41. The van der Waals surface area contributed by atoms with E-state index in [1.807, 2.05) is 0 Å². The molecule has 0 radical (unpaired) electrons. The lowest BCUT2D eigenvalue weighted by atomic mass is 10.0. The summed E-state index contributed by atoms with van der Waals surface area (Å²) in [6, 6.07) is 6.98. The Kier molecular flexibility index (Phi) is 3.49. The van der Waals surface area contributed by atoms with Crippen molar-refractivity contribution in [3.63, 3.8) is 0 Å². The first-order valence-electron chi connectivity index (χ1n) is 5.60. The fourth-order valence-electron chi connectivity index (χ4n) is 1.90. The van der Waals surface area contributed by atoms with Gasteiger partial charge in [0.15, 0.2) is 0 Å². The number of benzene rings is 1. The third-order valence-electron chi connectivity index (χ3n) is 2.82. The molecule has 0 heterocycles. The number of hydrogen-bond donors (Lipinski definition) is 2. The van der Waals surface area contributed by atoms with Crippen molar-refractivity contribution >= 4 is 15.7 Å². The first kappa shape index (κ1) is 12.1. The van der Waals surface area contributed by atoms with E-state index in [4.69, 9.17) is 5.14 Å². The number of primary sulfonamides is 1. The summed E-state index contributed by atoms with van der Waals surface area (Å²) in [5.41, 5.74) is 0.928. The van der Waals surface area contributed by atoms with Crippen LogP contribution in [0.15, 0.2) is 41.3 Å². The Morgan fingerprint density at radius 3 is 2.41 bits per heavy atom. The van der Waals surface area contributed by atoms with Gasteiger partial charge in [0, 0.05) is 11.7 Å². The van der Waals surface area contributed by atoms with Crippen LogP contribution < -0.4 is 10.5 Å². The maximum atomic E-state index is 11.1. The molecular weight excluding hydrogens is 236 g/mol. The summed E-state index contributed by atoms with van der Waals surface area (Å²) in [7, 11) is -3.59. The van der Waals surface area contributed by atoms with Crippen LogP contribution in [-0.4, -0.2) is 14.5 Å². The van der Waals surface area contributed by atoms with E-state index in [-0.39, 0.29) is 4.90 Å². The van der Waals surface area contributed by atoms with Gasteiger partial charge >= 0.3 is 0 Å². The van der Waals surface area contributed by atoms with E-state index in [1.54, 1.807) is 12.1 Å². The predicted octanol–water partition coefficient (Wildman–Crippen LogP) is 1.85. The van der Waals surface area contributed by atoms with Crippen LogP contribution in [0.5, 0.6) is 0 Å². The second-order valence-electron chi connectivity index (χ2n) is 4.20. The lowest BCUT2D eigenvalue weighted by Crippen LogP contribution is -2.20. The number of allylic oxidation sites excluding steroid dienone is 1. The zero-order valence-corrected chi connectivity index (χ0v) is 10.3. The first-order chi connectivity index (χ1) is 8.05. The van der Waals surface area contributed by atoms with Crippen LogP contribution in [0.3, 0.4) is 0 Å². The molecule has 5 heteroatoms. The molecule has 4 nitrogen and oxygen atoms in total. The van der Waals surface area contributed by atoms with E-state index in [0.717, 1.165) is 24.9 Å². The van der Waals surface area contributed by atoms with Crippen molar-refractivity contribution in [1.82, 2.24) is 0 Å². The largest absolute Gasteiger partial charge is 0.382 e. The zero-order chi connectivity index (χ0) is 12.3. The maximum Gasteiger partial charge on any atom is 0.238 e. The van der Waals surface area contributed by atoms with Gasteiger partial charge in [-0.1, -0.05) is 12.2 Å².